The van der Waals surface area contributed by atoms with Gasteiger partial charge in [-0.25, -0.2) is 4.39 Å². The Labute approximate surface area is 153 Å². The third kappa shape index (κ3) is 4.69. The highest BCUT2D eigenvalue weighted by Gasteiger charge is 2.24. The molecule has 2 aromatic rings. The molecule has 1 N–H and O–H groups in total. The number of rotatable bonds is 4. The molecule has 0 radical (unpaired) electrons. The topological polar surface area (TPSA) is 49.4 Å². The van der Waals surface area contributed by atoms with E-state index >= 15 is 0 Å². The van der Waals surface area contributed by atoms with Gasteiger partial charge >= 0.3 is 0 Å². The number of aryl methyl sites for hydroxylation is 1. The molecule has 1 fully saturated rings. The molecule has 1 aliphatic heterocycles. The average molecular weight is 354 g/mol. The first-order chi connectivity index (χ1) is 12.5. The molecule has 2 amide bonds. The summed E-state index contributed by atoms with van der Waals surface area (Å²) in [6.45, 7) is 3.24. The SMILES string of the molecule is Cc1cccc(C(=O)N2CCC(NC(=O)Cc3ccc(F)cc3)CC2)c1. The molecule has 0 spiro atoms. The molecule has 4 nitrogen and oxygen atoms in total. The Balaban J connectivity index is 1.48. The number of piperidine rings is 1. The Bertz CT molecular complexity index is 781. The van der Waals surface area contributed by atoms with Crippen molar-refractivity contribution in [3.05, 3.63) is 71.0 Å². The monoisotopic (exact) mass is 354 g/mol. The van der Waals surface area contributed by atoms with Crippen LogP contribution in [0.15, 0.2) is 48.5 Å². The zero-order valence-electron chi connectivity index (χ0n) is 14.9. The Morgan fingerprint density at radius 1 is 1.12 bits per heavy atom. The van der Waals surface area contributed by atoms with Crippen LogP contribution in [-0.4, -0.2) is 35.8 Å². The lowest BCUT2D eigenvalue weighted by atomic mass is 10.0. The van der Waals surface area contributed by atoms with Crippen molar-refractivity contribution in [2.24, 2.45) is 0 Å². The highest BCUT2D eigenvalue weighted by molar-refractivity contribution is 5.94. The van der Waals surface area contributed by atoms with Gasteiger partial charge in [-0.2, -0.15) is 0 Å². The van der Waals surface area contributed by atoms with Crippen molar-refractivity contribution < 1.29 is 14.0 Å². The molecule has 2 aromatic carbocycles. The average Bonchev–Trinajstić information content (AvgIpc) is 2.64. The number of halogens is 1. The summed E-state index contributed by atoms with van der Waals surface area (Å²) in [5, 5.41) is 3.02. The molecule has 26 heavy (non-hydrogen) atoms. The van der Waals surface area contributed by atoms with Crippen molar-refractivity contribution in [3.63, 3.8) is 0 Å². The maximum absolute atomic E-state index is 12.9. The maximum atomic E-state index is 12.9. The smallest absolute Gasteiger partial charge is 0.253 e. The first-order valence-corrected chi connectivity index (χ1v) is 8.91. The Hall–Kier alpha value is -2.69. The predicted octanol–water partition coefficient (Wildman–Crippen LogP) is 3.10. The van der Waals surface area contributed by atoms with Gasteiger partial charge in [-0.1, -0.05) is 29.8 Å². The fourth-order valence-electron chi connectivity index (χ4n) is 3.25. The lowest BCUT2D eigenvalue weighted by molar-refractivity contribution is -0.121. The van der Waals surface area contributed by atoms with E-state index in [1.807, 2.05) is 36.1 Å². The van der Waals surface area contributed by atoms with Gasteiger partial charge in [0, 0.05) is 24.7 Å². The van der Waals surface area contributed by atoms with E-state index in [0.717, 1.165) is 24.0 Å². The number of nitrogens with zero attached hydrogens (tertiary/aromatic N) is 1. The number of amides is 2. The van der Waals surface area contributed by atoms with Crippen molar-refractivity contribution in [2.75, 3.05) is 13.1 Å². The van der Waals surface area contributed by atoms with Crippen LogP contribution in [0.4, 0.5) is 4.39 Å². The van der Waals surface area contributed by atoms with Crippen LogP contribution in [0, 0.1) is 12.7 Å². The van der Waals surface area contributed by atoms with Crippen molar-refractivity contribution in [1.82, 2.24) is 10.2 Å². The van der Waals surface area contributed by atoms with Gasteiger partial charge < -0.3 is 10.2 Å². The van der Waals surface area contributed by atoms with E-state index in [-0.39, 0.29) is 30.1 Å². The number of hydrogen-bond donors (Lipinski definition) is 1. The van der Waals surface area contributed by atoms with Crippen LogP contribution in [0.25, 0.3) is 0 Å². The van der Waals surface area contributed by atoms with Crippen molar-refractivity contribution >= 4 is 11.8 Å². The summed E-state index contributed by atoms with van der Waals surface area (Å²) in [5.74, 6) is -0.329. The van der Waals surface area contributed by atoms with Crippen LogP contribution in [0.1, 0.15) is 34.3 Å². The summed E-state index contributed by atoms with van der Waals surface area (Å²) in [7, 11) is 0. The van der Waals surface area contributed by atoms with Gasteiger partial charge in [0.1, 0.15) is 5.82 Å². The Morgan fingerprint density at radius 2 is 1.81 bits per heavy atom. The van der Waals surface area contributed by atoms with Gasteiger partial charge in [0.25, 0.3) is 5.91 Å². The van der Waals surface area contributed by atoms with Crippen molar-refractivity contribution in [3.8, 4) is 0 Å². The molecule has 0 bridgehead atoms. The molecule has 1 aliphatic rings. The second-order valence-corrected chi connectivity index (χ2v) is 6.81. The quantitative estimate of drug-likeness (QED) is 0.917. The van der Waals surface area contributed by atoms with Gasteiger partial charge in [-0.15, -0.1) is 0 Å². The van der Waals surface area contributed by atoms with Crippen LogP contribution in [0.3, 0.4) is 0 Å². The molecule has 0 saturated carbocycles. The summed E-state index contributed by atoms with van der Waals surface area (Å²) < 4.78 is 12.9. The second kappa shape index (κ2) is 8.13. The molecule has 1 heterocycles. The van der Waals surface area contributed by atoms with Crippen LogP contribution in [0.5, 0.6) is 0 Å². The van der Waals surface area contributed by atoms with Gasteiger partial charge in [0.05, 0.1) is 6.42 Å². The molecule has 136 valence electrons. The molecule has 0 aliphatic carbocycles. The van der Waals surface area contributed by atoms with E-state index in [4.69, 9.17) is 0 Å². The van der Waals surface area contributed by atoms with Crippen molar-refractivity contribution in [2.45, 2.75) is 32.2 Å². The summed E-state index contributed by atoms with van der Waals surface area (Å²) in [4.78, 5) is 26.6. The molecular weight excluding hydrogens is 331 g/mol. The lowest BCUT2D eigenvalue weighted by Crippen LogP contribution is -2.46. The zero-order chi connectivity index (χ0) is 18.5. The van der Waals surface area contributed by atoms with E-state index in [1.165, 1.54) is 12.1 Å². The number of carbonyl (C=O) groups excluding carboxylic acids is 2. The largest absolute Gasteiger partial charge is 0.353 e. The fraction of sp³-hybridized carbons (Fsp3) is 0.333. The number of likely N-dealkylation sites (tertiary alicyclic amines) is 1. The van der Waals surface area contributed by atoms with Gasteiger partial charge in [0.15, 0.2) is 0 Å². The van der Waals surface area contributed by atoms with Crippen LogP contribution >= 0.6 is 0 Å². The first kappa shape index (κ1) is 18.1. The number of benzene rings is 2. The lowest BCUT2D eigenvalue weighted by Gasteiger charge is -2.32. The molecule has 0 aromatic heterocycles. The first-order valence-electron chi connectivity index (χ1n) is 8.91. The van der Waals surface area contributed by atoms with E-state index in [2.05, 4.69) is 5.32 Å². The molecule has 1 saturated heterocycles. The number of hydrogen-bond acceptors (Lipinski definition) is 2. The predicted molar refractivity (Wildman–Crippen MR) is 98.4 cm³/mol. The highest BCUT2D eigenvalue weighted by Crippen LogP contribution is 2.15. The van der Waals surface area contributed by atoms with E-state index in [1.54, 1.807) is 12.1 Å². The number of carbonyl (C=O) groups is 2. The second-order valence-electron chi connectivity index (χ2n) is 6.81. The van der Waals surface area contributed by atoms with Gasteiger partial charge in [-0.05, 0) is 49.6 Å². The minimum Gasteiger partial charge on any atom is -0.353 e. The van der Waals surface area contributed by atoms with E-state index < -0.39 is 0 Å². The Kier molecular flexibility index (Phi) is 5.66. The van der Waals surface area contributed by atoms with Gasteiger partial charge in [-0.3, -0.25) is 9.59 Å². The minimum absolute atomic E-state index is 0.0461. The minimum atomic E-state index is -0.306. The summed E-state index contributed by atoms with van der Waals surface area (Å²) in [6.07, 6.45) is 1.72. The molecule has 0 unspecified atom stereocenters. The summed E-state index contributed by atoms with van der Waals surface area (Å²) >= 11 is 0. The standard InChI is InChI=1S/C21H23FN2O2/c1-15-3-2-4-17(13-15)21(26)24-11-9-19(10-12-24)23-20(25)14-16-5-7-18(22)8-6-16/h2-8,13,19H,9-12,14H2,1H3,(H,23,25). The third-order valence-corrected chi connectivity index (χ3v) is 4.69. The zero-order valence-corrected chi connectivity index (χ0v) is 14.9. The molecule has 3 rings (SSSR count). The normalized spacial score (nSPS) is 14.9. The van der Waals surface area contributed by atoms with E-state index in [0.29, 0.717) is 18.7 Å². The van der Waals surface area contributed by atoms with Crippen LogP contribution < -0.4 is 5.32 Å². The molecule has 5 heteroatoms. The summed E-state index contributed by atoms with van der Waals surface area (Å²) in [6, 6.07) is 13.6. The molecule has 0 atom stereocenters. The third-order valence-electron chi connectivity index (χ3n) is 4.69. The fourth-order valence-corrected chi connectivity index (χ4v) is 3.25. The number of nitrogens with one attached hydrogen (secondary N) is 1. The van der Waals surface area contributed by atoms with Crippen molar-refractivity contribution in [1.29, 1.82) is 0 Å². The summed E-state index contributed by atoms with van der Waals surface area (Å²) in [5.41, 5.74) is 2.57. The molecular formula is C21H23FN2O2. The maximum Gasteiger partial charge on any atom is 0.253 e. The van der Waals surface area contributed by atoms with E-state index in [9.17, 15) is 14.0 Å². The Morgan fingerprint density at radius 3 is 2.46 bits per heavy atom. The highest BCUT2D eigenvalue weighted by atomic mass is 19.1. The van der Waals surface area contributed by atoms with Gasteiger partial charge in [0.2, 0.25) is 5.91 Å². The van der Waals surface area contributed by atoms with Crippen LogP contribution in [0.2, 0.25) is 0 Å². The van der Waals surface area contributed by atoms with Crippen LogP contribution in [-0.2, 0) is 11.2 Å².